The minimum Gasteiger partial charge on any atom is -0.424 e. The van der Waals surface area contributed by atoms with Crippen molar-refractivity contribution in [2.75, 3.05) is 0 Å². The van der Waals surface area contributed by atoms with Gasteiger partial charge in [-0.05, 0) is 34.7 Å². The molecule has 0 radical (unpaired) electrons. The average molecular weight is 365 g/mol. The van der Waals surface area contributed by atoms with Crippen molar-refractivity contribution in [2.45, 2.75) is 45.1 Å². The van der Waals surface area contributed by atoms with E-state index in [0.717, 1.165) is 23.1 Å². The molecule has 0 heterocycles. The monoisotopic (exact) mass is 364 g/mol. The van der Waals surface area contributed by atoms with Crippen molar-refractivity contribution in [3.8, 4) is 11.8 Å². The second kappa shape index (κ2) is 8.98. The van der Waals surface area contributed by atoms with E-state index in [0.29, 0.717) is 12.8 Å². The summed E-state index contributed by atoms with van der Waals surface area (Å²) in [6.07, 6.45) is 2.90. The quantitative estimate of drug-likeness (QED) is 0.442. The van der Waals surface area contributed by atoms with Crippen molar-refractivity contribution >= 4 is 25.0 Å². The lowest BCUT2D eigenvalue weighted by molar-refractivity contribution is -0.108. The van der Waals surface area contributed by atoms with Crippen LogP contribution in [0.25, 0.3) is 0 Å². The zero-order valence-corrected chi connectivity index (χ0v) is 16.9. The zero-order chi connectivity index (χ0) is 19.0. The predicted molar refractivity (Wildman–Crippen MR) is 111 cm³/mol. The largest absolute Gasteiger partial charge is 0.424 e. The van der Waals surface area contributed by atoms with E-state index in [1.807, 2.05) is 67.6 Å². The summed E-state index contributed by atoms with van der Waals surface area (Å²) < 4.78 is 0. The van der Waals surface area contributed by atoms with E-state index < -0.39 is 8.32 Å². The smallest absolute Gasteiger partial charge is 0.258 e. The second-order valence-electron chi connectivity index (χ2n) is 7.43. The Balaban J connectivity index is 2.49. The molecule has 0 saturated heterocycles. The van der Waals surface area contributed by atoms with Crippen LogP contribution in [0.3, 0.4) is 0 Å². The summed E-state index contributed by atoms with van der Waals surface area (Å²) in [6.45, 7) is 6.09. The van der Waals surface area contributed by atoms with Gasteiger partial charge in [0, 0.05) is 12.8 Å². The molecule has 2 rings (SSSR count). The number of aldehydes is 1. The summed E-state index contributed by atoms with van der Waals surface area (Å²) in [7, 11) is -3.02. The normalized spacial score (nSPS) is 12.8. The predicted octanol–water partition coefficient (Wildman–Crippen LogP) is 3.53. The van der Waals surface area contributed by atoms with Gasteiger partial charge in [0.2, 0.25) is 0 Å². The van der Waals surface area contributed by atoms with Crippen LogP contribution in [0.15, 0.2) is 60.7 Å². The van der Waals surface area contributed by atoms with E-state index >= 15 is 0 Å². The Hall–Kier alpha value is -2.15. The molecule has 0 aliphatic carbocycles. The molecule has 0 aliphatic rings. The molecule has 1 atom stereocenters. The molecule has 2 aromatic rings. The molecule has 3 heteroatoms. The molecule has 136 valence electrons. The first-order valence-electron chi connectivity index (χ1n) is 9.12. The Morgan fingerprint density at radius 3 is 1.96 bits per heavy atom. The highest BCUT2D eigenvalue weighted by molar-refractivity contribution is 6.98. The molecule has 0 aliphatic heterocycles. The van der Waals surface area contributed by atoms with Gasteiger partial charge in [-0.15, -0.1) is 11.8 Å². The second-order valence-corrected chi connectivity index (χ2v) is 11.4. The topological polar surface area (TPSA) is 37.3 Å². The number of benzene rings is 2. The fraction of sp³-hybridized carbons (Fsp3) is 0.348. The highest BCUT2D eigenvalue weighted by atomic mass is 28.4. The summed E-state index contributed by atoms with van der Waals surface area (Å²) in [4.78, 5) is 23.3. The minimum atomic E-state index is -3.02. The van der Waals surface area contributed by atoms with Crippen LogP contribution in [0, 0.1) is 17.8 Å². The van der Waals surface area contributed by atoms with Crippen LogP contribution in [0.1, 0.15) is 40.0 Å². The summed E-state index contributed by atoms with van der Waals surface area (Å²) >= 11 is 0. The molecule has 0 fully saturated rings. The van der Waals surface area contributed by atoms with Crippen LogP contribution in [0.2, 0.25) is 5.04 Å². The van der Waals surface area contributed by atoms with E-state index in [1.54, 1.807) is 0 Å². The van der Waals surface area contributed by atoms with E-state index in [1.165, 1.54) is 0 Å². The molecule has 0 amide bonds. The van der Waals surface area contributed by atoms with Crippen LogP contribution < -0.4 is 10.4 Å². The fourth-order valence-corrected chi connectivity index (χ4v) is 7.63. The highest BCUT2D eigenvalue weighted by Gasteiger charge is 2.50. The third-order valence-corrected chi connectivity index (χ3v) is 9.66. The number of carbonyl (C=O) groups is 1. The summed E-state index contributed by atoms with van der Waals surface area (Å²) in [6, 6.07) is 20.0. The van der Waals surface area contributed by atoms with Gasteiger partial charge in [0.05, 0.1) is 0 Å². The van der Waals surface area contributed by atoms with Gasteiger partial charge in [0.1, 0.15) is 6.29 Å². The number of hydrogen-bond donors (Lipinski definition) is 1. The van der Waals surface area contributed by atoms with Gasteiger partial charge in [-0.1, -0.05) is 74.5 Å². The first kappa shape index (κ1) is 20.2. The Morgan fingerprint density at radius 1 is 1.04 bits per heavy atom. The number of hydrogen-bond acceptors (Lipinski definition) is 2. The molecule has 26 heavy (non-hydrogen) atoms. The minimum absolute atomic E-state index is 0.154. The van der Waals surface area contributed by atoms with Gasteiger partial charge in [-0.2, -0.15) is 0 Å². The molecule has 1 N–H and O–H groups in total. The van der Waals surface area contributed by atoms with Gasteiger partial charge in [-0.25, -0.2) is 0 Å². The Bertz CT molecular complexity index is 718. The van der Waals surface area contributed by atoms with E-state index in [-0.39, 0.29) is 11.0 Å². The third-order valence-electron chi connectivity index (χ3n) is 5.16. The highest BCUT2D eigenvalue weighted by Crippen LogP contribution is 2.42. The van der Waals surface area contributed by atoms with Crippen molar-refractivity contribution < 1.29 is 9.59 Å². The Labute approximate surface area is 158 Å². The molecule has 2 aromatic carbocycles. The van der Waals surface area contributed by atoms with Crippen LogP contribution >= 0.6 is 0 Å². The lowest BCUT2D eigenvalue weighted by atomic mass is 9.91. The van der Waals surface area contributed by atoms with Crippen LogP contribution in [0.5, 0.6) is 0 Å². The molecule has 0 aromatic heterocycles. The van der Waals surface area contributed by atoms with Crippen molar-refractivity contribution in [2.24, 2.45) is 5.92 Å². The first-order valence-corrected chi connectivity index (χ1v) is 11.1. The average Bonchev–Trinajstić information content (AvgIpc) is 2.66. The summed E-state index contributed by atoms with van der Waals surface area (Å²) in [5.41, 5.74) is 0. The zero-order valence-electron chi connectivity index (χ0n) is 15.9. The maximum atomic E-state index is 12.1. The van der Waals surface area contributed by atoms with Gasteiger partial charge in [0.15, 0.2) is 0 Å². The molecular formula is C23H28O2Si. The van der Waals surface area contributed by atoms with Gasteiger partial charge >= 0.3 is 0 Å². The van der Waals surface area contributed by atoms with Crippen molar-refractivity contribution in [3.05, 3.63) is 60.7 Å². The van der Waals surface area contributed by atoms with E-state index in [9.17, 15) is 9.59 Å². The van der Waals surface area contributed by atoms with Gasteiger partial charge in [0.25, 0.3) is 8.32 Å². The third kappa shape index (κ3) is 4.33. The first-order chi connectivity index (χ1) is 12.5. The lowest BCUT2D eigenvalue weighted by Gasteiger charge is -2.42. The van der Waals surface area contributed by atoms with Crippen LogP contribution in [-0.2, 0) is 4.79 Å². The fourth-order valence-electron chi connectivity index (χ4n) is 3.80. The summed E-state index contributed by atoms with van der Waals surface area (Å²) in [5, 5.41) is 1.66. The molecular weight excluding hydrogens is 336 g/mol. The Kier molecular flexibility index (Phi) is 6.96. The SMILES string of the molecule is CC#CC[C@@H](CC=O)CC(C)(C)[Si](O)(c1ccccc1)c1ccccc1. The molecule has 0 unspecified atom stereocenters. The van der Waals surface area contributed by atoms with Crippen molar-refractivity contribution in [1.29, 1.82) is 0 Å². The van der Waals surface area contributed by atoms with Crippen LogP contribution in [0.4, 0.5) is 0 Å². The maximum absolute atomic E-state index is 12.1. The summed E-state index contributed by atoms with van der Waals surface area (Å²) in [5.74, 6) is 6.19. The Morgan fingerprint density at radius 2 is 1.54 bits per heavy atom. The van der Waals surface area contributed by atoms with Gasteiger partial charge in [-0.3, -0.25) is 0 Å². The van der Waals surface area contributed by atoms with E-state index in [4.69, 9.17) is 0 Å². The maximum Gasteiger partial charge on any atom is 0.258 e. The van der Waals surface area contributed by atoms with Crippen molar-refractivity contribution in [1.82, 2.24) is 0 Å². The van der Waals surface area contributed by atoms with E-state index in [2.05, 4.69) is 25.7 Å². The molecule has 2 nitrogen and oxygen atoms in total. The number of rotatable bonds is 8. The molecule has 0 saturated carbocycles. The number of carbonyl (C=O) groups excluding carboxylic acids is 1. The van der Waals surface area contributed by atoms with Crippen molar-refractivity contribution in [3.63, 3.8) is 0 Å². The van der Waals surface area contributed by atoms with Crippen LogP contribution in [-0.4, -0.2) is 19.4 Å². The van der Waals surface area contributed by atoms with Gasteiger partial charge < -0.3 is 9.59 Å². The molecule has 0 spiro atoms. The lowest BCUT2D eigenvalue weighted by Crippen LogP contribution is -2.65. The molecule has 0 bridgehead atoms. The standard InChI is InChI=1S/C23H28O2Si/c1-4-5-12-20(17-18-24)19-23(2,3)26(25,21-13-8-6-9-14-21)22-15-10-7-11-16-22/h6-11,13-16,18,20,25H,12,17,19H2,1-3H3/t20-/m0/s1.